The first-order chi connectivity index (χ1) is 8.11. The summed E-state index contributed by atoms with van der Waals surface area (Å²) in [5.74, 6) is 0. The minimum atomic E-state index is -0.685. The van der Waals surface area contributed by atoms with E-state index in [1.54, 1.807) is 0 Å². The Balaban J connectivity index is 2.45. The van der Waals surface area contributed by atoms with E-state index >= 15 is 0 Å². The zero-order valence-corrected chi connectivity index (χ0v) is 11.7. The Labute approximate surface area is 114 Å². The molecule has 0 heterocycles. The average molecular weight is 312 g/mol. The Morgan fingerprint density at radius 2 is 1.76 bits per heavy atom. The molecule has 0 aliphatic carbocycles. The monoisotopic (exact) mass is 310 g/mol. The quantitative estimate of drug-likeness (QED) is 0.866. The van der Waals surface area contributed by atoms with E-state index in [0.29, 0.717) is 5.02 Å². The van der Waals surface area contributed by atoms with Gasteiger partial charge in [0.2, 0.25) is 0 Å². The van der Waals surface area contributed by atoms with Crippen LogP contribution in [-0.4, -0.2) is 5.11 Å². The van der Waals surface area contributed by atoms with Crippen molar-refractivity contribution in [3.63, 3.8) is 0 Å². The number of benzene rings is 2. The summed E-state index contributed by atoms with van der Waals surface area (Å²) in [4.78, 5) is 0. The van der Waals surface area contributed by atoms with Crippen molar-refractivity contribution >= 4 is 27.5 Å². The largest absolute Gasteiger partial charge is 0.384 e. The van der Waals surface area contributed by atoms with Gasteiger partial charge in [-0.1, -0.05) is 63.9 Å². The zero-order chi connectivity index (χ0) is 12.4. The third-order valence-corrected chi connectivity index (χ3v) is 4.12. The van der Waals surface area contributed by atoms with Gasteiger partial charge in [0, 0.05) is 10.0 Å². The second-order valence-corrected chi connectivity index (χ2v) is 5.12. The molecule has 17 heavy (non-hydrogen) atoms. The predicted octanol–water partition coefficient (Wildman–Crippen LogP) is 4.49. The van der Waals surface area contributed by atoms with Gasteiger partial charge in [0.05, 0.1) is 5.02 Å². The first kappa shape index (κ1) is 12.6. The van der Waals surface area contributed by atoms with Crippen molar-refractivity contribution in [2.24, 2.45) is 0 Å². The number of hydrogen-bond donors (Lipinski definition) is 1. The Kier molecular flexibility index (Phi) is 3.87. The molecule has 0 fully saturated rings. The molecular weight excluding hydrogens is 300 g/mol. The lowest BCUT2D eigenvalue weighted by molar-refractivity contribution is 0.220. The summed E-state index contributed by atoms with van der Waals surface area (Å²) in [5, 5.41) is 10.9. The van der Waals surface area contributed by atoms with Gasteiger partial charge in [-0.3, -0.25) is 0 Å². The number of aliphatic hydroxyl groups excluding tert-OH is 1. The first-order valence-corrected chi connectivity index (χ1v) is 6.46. The molecule has 1 atom stereocenters. The molecule has 0 saturated carbocycles. The van der Waals surface area contributed by atoms with E-state index in [-0.39, 0.29) is 0 Å². The molecule has 0 saturated heterocycles. The second-order valence-electron chi connectivity index (χ2n) is 3.89. The van der Waals surface area contributed by atoms with Gasteiger partial charge in [-0.25, -0.2) is 0 Å². The van der Waals surface area contributed by atoms with Crippen molar-refractivity contribution in [2.45, 2.75) is 13.0 Å². The fourth-order valence-corrected chi connectivity index (χ4v) is 2.42. The standard InChI is InChI=1S/C14H12BrClO/c1-9-12(15)8-7-11(13(9)16)14(17)10-5-3-2-4-6-10/h2-8,14,17H,1H3. The van der Waals surface area contributed by atoms with Crippen LogP contribution in [-0.2, 0) is 0 Å². The Bertz CT molecular complexity index is 525. The van der Waals surface area contributed by atoms with Gasteiger partial charge >= 0.3 is 0 Å². The van der Waals surface area contributed by atoms with Crippen LogP contribution < -0.4 is 0 Å². The van der Waals surface area contributed by atoms with E-state index < -0.39 is 6.10 Å². The minimum absolute atomic E-state index is 0.607. The van der Waals surface area contributed by atoms with Crippen LogP contribution in [0.5, 0.6) is 0 Å². The van der Waals surface area contributed by atoms with Crippen molar-refractivity contribution in [3.8, 4) is 0 Å². The minimum Gasteiger partial charge on any atom is -0.384 e. The highest BCUT2D eigenvalue weighted by atomic mass is 79.9. The molecule has 3 heteroatoms. The molecular formula is C14H12BrClO. The van der Waals surface area contributed by atoms with E-state index in [4.69, 9.17) is 11.6 Å². The van der Waals surface area contributed by atoms with Crippen molar-refractivity contribution in [3.05, 3.63) is 68.7 Å². The number of rotatable bonds is 2. The highest BCUT2D eigenvalue weighted by Gasteiger charge is 2.15. The SMILES string of the molecule is Cc1c(Br)ccc(C(O)c2ccccc2)c1Cl. The summed E-state index contributed by atoms with van der Waals surface area (Å²) in [6.07, 6.45) is -0.685. The summed E-state index contributed by atoms with van der Waals surface area (Å²) in [6.45, 7) is 1.92. The van der Waals surface area contributed by atoms with Gasteiger partial charge in [0.1, 0.15) is 6.10 Å². The lowest BCUT2D eigenvalue weighted by Gasteiger charge is -2.15. The predicted molar refractivity (Wildman–Crippen MR) is 74.4 cm³/mol. The number of aliphatic hydroxyl groups is 1. The van der Waals surface area contributed by atoms with Crippen LogP contribution in [0, 0.1) is 6.92 Å². The van der Waals surface area contributed by atoms with Crippen LogP contribution in [0.2, 0.25) is 5.02 Å². The summed E-state index contributed by atoms with van der Waals surface area (Å²) >= 11 is 9.67. The van der Waals surface area contributed by atoms with Gasteiger partial charge in [0.25, 0.3) is 0 Å². The van der Waals surface area contributed by atoms with Crippen LogP contribution >= 0.6 is 27.5 Å². The average Bonchev–Trinajstić information content (AvgIpc) is 2.36. The second kappa shape index (κ2) is 5.21. The van der Waals surface area contributed by atoms with E-state index in [1.807, 2.05) is 49.4 Å². The normalized spacial score (nSPS) is 12.5. The molecule has 88 valence electrons. The third-order valence-electron chi connectivity index (χ3n) is 2.76. The molecule has 1 nitrogen and oxygen atoms in total. The van der Waals surface area contributed by atoms with Crippen molar-refractivity contribution in [1.82, 2.24) is 0 Å². The van der Waals surface area contributed by atoms with Gasteiger partial charge in [-0.05, 0) is 24.1 Å². The maximum absolute atomic E-state index is 10.3. The van der Waals surface area contributed by atoms with E-state index in [9.17, 15) is 5.11 Å². The molecule has 0 spiro atoms. The Morgan fingerprint density at radius 3 is 2.41 bits per heavy atom. The highest BCUT2D eigenvalue weighted by molar-refractivity contribution is 9.10. The Morgan fingerprint density at radius 1 is 1.12 bits per heavy atom. The first-order valence-electron chi connectivity index (χ1n) is 5.28. The highest BCUT2D eigenvalue weighted by Crippen LogP contribution is 2.33. The van der Waals surface area contributed by atoms with Crippen molar-refractivity contribution in [1.29, 1.82) is 0 Å². The summed E-state index contributed by atoms with van der Waals surface area (Å²) in [5.41, 5.74) is 2.52. The van der Waals surface area contributed by atoms with Crippen LogP contribution in [0.25, 0.3) is 0 Å². The van der Waals surface area contributed by atoms with Crippen LogP contribution in [0.1, 0.15) is 22.8 Å². The lowest BCUT2D eigenvalue weighted by atomic mass is 10.00. The molecule has 0 aliphatic heterocycles. The topological polar surface area (TPSA) is 20.2 Å². The summed E-state index contributed by atoms with van der Waals surface area (Å²) < 4.78 is 0.950. The van der Waals surface area contributed by atoms with E-state index in [1.165, 1.54) is 0 Å². The summed E-state index contributed by atoms with van der Waals surface area (Å²) in [6, 6.07) is 13.2. The smallest absolute Gasteiger partial charge is 0.105 e. The van der Waals surface area contributed by atoms with Gasteiger partial charge in [-0.2, -0.15) is 0 Å². The molecule has 0 aromatic heterocycles. The van der Waals surface area contributed by atoms with E-state index in [0.717, 1.165) is 21.2 Å². The molecule has 2 rings (SSSR count). The molecule has 2 aromatic rings. The zero-order valence-electron chi connectivity index (χ0n) is 9.32. The number of hydrogen-bond acceptors (Lipinski definition) is 1. The summed E-state index contributed by atoms with van der Waals surface area (Å²) in [7, 11) is 0. The van der Waals surface area contributed by atoms with Crippen LogP contribution in [0.15, 0.2) is 46.9 Å². The maximum Gasteiger partial charge on any atom is 0.105 e. The third kappa shape index (κ3) is 2.54. The molecule has 0 radical (unpaired) electrons. The van der Waals surface area contributed by atoms with E-state index in [2.05, 4.69) is 15.9 Å². The number of halogens is 2. The van der Waals surface area contributed by atoms with Crippen LogP contribution in [0.3, 0.4) is 0 Å². The molecule has 1 N–H and O–H groups in total. The fourth-order valence-electron chi connectivity index (χ4n) is 1.71. The Hall–Kier alpha value is -0.830. The van der Waals surface area contributed by atoms with Crippen molar-refractivity contribution in [2.75, 3.05) is 0 Å². The van der Waals surface area contributed by atoms with Crippen molar-refractivity contribution < 1.29 is 5.11 Å². The van der Waals surface area contributed by atoms with Gasteiger partial charge < -0.3 is 5.11 Å². The van der Waals surface area contributed by atoms with Crippen LogP contribution in [0.4, 0.5) is 0 Å². The molecule has 2 aromatic carbocycles. The van der Waals surface area contributed by atoms with Gasteiger partial charge in [-0.15, -0.1) is 0 Å². The molecule has 0 amide bonds. The fraction of sp³-hybridized carbons (Fsp3) is 0.143. The molecule has 0 bridgehead atoms. The van der Waals surface area contributed by atoms with Gasteiger partial charge in [0.15, 0.2) is 0 Å². The molecule has 1 unspecified atom stereocenters. The maximum atomic E-state index is 10.3. The lowest BCUT2D eigenvalue weighted by Crippen LogP contribution is -2.01. The molecule has 0 aliphatic rings.